The predicted molar refractivity (Wildman–Crippen MR) is 114 cm³/mol. The van der Waals surface area contributed by atoms with Crippen molar-refractivity contribution in [3.05, 3.63) is 65.2 Å². The summed E-state index contributed by atoms with van der Waals surface area (Å²) in [5.74, 6) is -0.928. The Morgan fingerprint density at radius 2 is 1.97 bits per heavy atom. The monoisotopic (exact) mass is 447 g/mol. The Kier molecular flexibility index (Phi) is 7.07. The number of hydrogen-bond donors (Lipinski definition) is 1. The Morgan fingerprint density at radius 1 is 1.23 bits per heavy atom. The average molecular weight is 448 g/mol. The van der Waals surface area contributed by atoms with E-state index in [2.05, 4.69) is 15.5 Å². The van der Waals surface area contributed by atoms with Crippen molar-refractivity contribution in [3.8, 4) is 5.69 Å². The predicted octanol–water partition coefficient (Wildman–Crippen LogP) is 3.56. The number of aromatic nitrogens is 3. The first-order valence-corrected chi connectivity index (χ1v) is 10.3. The minimum absolute atomic E-state index is 0.0820. The van der Waals surface area contributed by atoms with Crippen molar-refractivity contribution in [2.24, 2.45) is 0 Å². The van der Waals surface area contributed by atoms with Crippen LogP contribution in [0.25, 0.3) is 5.69 Å². The first kappa shape index (κ1) is 21.8. The number of halogens is 2. The molecule has 0 fully saturated rings. The second-order valence-corrected chi connectivity index (χ2v) is 7.86. The van der Waals surface area contributed by atoms with Gasteiger partial charge in [-0.15, -0.1) is 10.2 Å². The van der Waals surface area contributed by atoms with Crippen LogP contribution in [0.3, 0.4) is 0 Å². The highest BCUT2D eigenvalue weighted by Gasteiger charge is 2.16. The summed E-state index contributed by atoms with van der Waals surface area (Å²) in [6, 6.07) is 11.0. The van der Waals surface area contributed by atoms with Gasteiger partial charge in [0.2, 0.25) is 11.8 Å². The molecule has 1 aromatic heterocycles. The summed E-state index contributed by atoms with van der Waals surface area (Å²) in [6.45, 7) is 1.78. The summed E-state index contributed by atoms with van der Waals surface area (Å²) >= 11 is 7.40. The third-order valence-electron chi connectivity index (χ3n) is 4.21. The van der Waals surface area contributed by atoms with Crippen molar-refractivity contribution in [2.75, 3.05) is 24.7 Å². The van der Waals surface area contributed by atoms with Gasteiger partial charge in [-0.2, -0.15) is 0 Å². The SMILES string of the molecule is Cc1ccc(-n2cnnc2SCC(=O)N(C)CC(=O)Nc2ccc(F)cc2)cc1Cl. The van der Waals surface area contributed by atoms with E-state index in [1.54, 1.807) is 17.0 Å². The van der Waals surface area contributed by atoms with E-state index in [0.29, 0.717) is 15.9 Å². The lowest BCUT2D eigenvalue weighted by Crippen LogP contribution is -2.36. The summed E-state index contributed by atoms with van der Waals surface area (Å²) < 4.78 is 14.7. The van der Waals surface area contributed by atoms with E-state index in [9.17, 15) is 14.0 Å². The van der Waals surface area contributed by atoms with Crippen LogP contribution < -0.4 is 5.32 Å². The van der Waals surface area contributed by atoms with Crippen molar-refractivity contribution in [3.63, 3.8) is 0 Å². The van der Waals surface area contributed by atoms with E-state index < -0.39 is 5.82 Å². The number of nitrogens with zero attached hydrogens (tertiary/aromatic N) is 4. The van der Waals surface area contributed by atoms with Gasteiger partial charge in [-0.3, -0.25) is 14.2 Å². The Morgan fingerprint density at radius 3 is 2.67 bits per heavy atom. The van der Waals surface area contributed by atoms with E-state index in [1.807, 2.05) is 19.1 Å². The van der Waals surface area contributed by atoms with E-state index in [0.717, 1.165) is 11.3 Å². The number of thioether (sulfide) groups is 1. The number of amides is 2. The molecule has 156 valence electrons. The summed E-state index contributed by atoms with van der Waals surface area (Å²) in [4.78, 5) is 25.8. The van der Waals surface area contributed by atoms with Crippen LogP contribution >= 0.6 is 23.4 Å². The maximum atomic E-state index is 12.9. The van der Waals surface area contributed by atoms with Gasteiger partial charge in [0, 0.05) is 17.8 Å². The molecule has 0 atom stereocenters. The fourth-order valence-electron chi connectivity index (χ4n) is 2.51. The van der Waals surface area contributed by atoms with E-state index >= 15 is 0 Å². The van der Waals surface area contributed by atoms with E-state index in [-0.39, 0.29) is 24.1 Å². The normalized spacial score (nSPS) is 10.7. The molecule has 2 amide bonds. The van der Waals surface area contributed by atoms with Crippen LogP contribution in [0.5, 0.6) is 0 Å². The fourth-order valence-corrected chi connectivity index (χ4v) is 3.55. The number of benzene rings is 2. The van der Waals surface area contributed by atoms with Gasteiger partial charge in [0.25, 0.3) is 0 Å². The van der Waals surface area contributed by atoms with E-state index in [1.165, 1.54) is 48.0 Å². The zero-order valence-corrected chi connectivity index (χ0v) is 17.9. The standard InChI is InChI=1S/C20H19ClFN5O2S/c1-13-3-8-16(9-17(13)21)27-12-23-25-20(27)30-11-19(29)26(2)10-18(28)24-15-6-4-14(22)5-7-15/h3-9,12H,10-11H2,1-2H3,(H,24,28). The third kappa shape index (κ3) is 5.58. The summed E-state index contributed by atoms with van der Waals surface area (Å²) in [5, 5.41) is 11.7. The number of aryl methyl sites for hydroxylation is 1. The molecule has 2 aromatic carbocycles. The van der Waals surface area contributed by atoms with Gasteiger partial charge in [-0.25, -0.2) is 4.39 Å². The largest absolute Gasteiger partial charge is 0.336 e. The Labute approximate surface area is 182 Å². The fraction of sp³-hybridized carbons (Fsp3) is 0.200. The van der Waals surface area contributed by atoms with Crippen LogP contribution in [-0.2, 0) is 9.59 Å². The van der Waals surface area contributed by atoms with Gasteiger partial charge in [-0.1, -0.05) is 29.4 Å². The molecule has 0 saturated heterocycles. The molecule has 10 heteroatoms. The van der Waals surface area contributed by atoms with Crippen LogP contribution in [0.2, 0.25) is 5.02 Å². The first-order valence-electron chi connectivity index (χ1n) is 8.92. The topological polar surface area (TPSA) is 80.1 Å². The van der Waals surface area contributed by atoms with Crippen LogP contribution in [0.15, 0.2) is 53.9 Å². The number of likely N-dealkylation sites (N-methyl/N-ethyl adjacent to an activating group) is 1. The number of carbonyl (C=O) groups is 2. The highest BCUT2D eigenvalue weighted by Crippen LogP contribution is 2.24. The Balaban J connectivity index is 1.55. The molecular weight excluding hydrogens is 429 g/mol. The lowest BCUT2D eigenvalue weighted by molar-refractivity contribution is -0.131. The van der Waals surface area contributed by atoms with Crippen molar-refractivity contribution in [1.82, 2.24) is 19.7 Å². The molecule has 0 aliphatic carbocycles. The minimum atomic E-state index is -0.391. The number of anilines is 1. The molecule has 0 spiro atoms. The molecular formula is C20H19ClFN5O2S. The summed E-state index contributed by atoms with van der Waals surface area (Å²) in [5.41, 5.74) is 2.21. The molecule has 3 rings (SSSR count). The van der Waals surface area contributed by atoms with Gasteiger partial charge < -0.3 is 10.2 Å². The third-order valence-corrected chi connectivity index (χ3v) is 5.54. The molecule has 0 radical (unpaired) electrons. The Bertz CT molecular complexity index is 1060. The van der Waals surface area contributed by atoms with Gasteiger partial charge >= 0.3 is 0 Å². The van der Waals surface area contributed by atoms with Gasteiger partial charge in [0.1, 0.15) is 12.1 Å². The van der Waals surface area contributed by atoms with Gasteiger partial charge in [-0.05, 0) is 48.9 Å². The molecule has 1 N–H and O–H groups in total. The quantitative estimate of drug-likeness (QED) is 0.560. The Hall–Kier alpha value is -2.91. The molecule has 0 bridgehead atoms. The highest BCUT2D eigenvalue weighted by molar-refractivity contribution is 7.99. The molecule has 1 heterocycles. The van der Waals surface area contributed by atoms with Crippen molar-refractivity contribution in [1.29, 1.82) is 0 Å². The van der Waals surface area contributed by atoms with Crippen molar-refractivity contribution < 1.29 is 14.0 Å². The van der Waals surface area contributed by atoms with Crippen LogP contribution in [0, 0.1) is 12.7 Å². The van der Waals surface area contributed by atoms with Crippen molar-refractivity contribution >= 4 is 40.9 Å². The number of carbonyl (C=O) groups excluding carboxylic acids is 2. The average Bonchev–Trinajstić information content (AvgIpc) is 3.18. The highest BCUT2D eigenvalue weighted by atomic mass is 35.5. The van der Waals surface area contributed by atoms with Crippen molar-refractivity contribution in [2.45, 2.75) is 12.1 Å². The smallest absolute Gasteiger partial charge is 0.243 e. The number of hydrogen-bond acceptors (Lipinski definition) is 5. The van der Waals surface area contributed by atoms with Gasteiger partial charge in [0.05, 0.1) is 18.0 Å². The first-order chi connectivity index (χ1) is 14.3. The second-order valence-electron chi connectivity index (χ2n) is 6.51. The van der Waals surface area contributed by atoms with Crippen LogP contribution in [0.1, 0.15) is 5.56 Å². The summed E-state index contributed by atoms with van der Waals surface area (Å²) in [7, 11) is 1.54. The van der Waals surface area contributed by atoms with Gasteiger partial charge in [0.15, 0.2) is 5.16 Å². The second kappa shape index (κ2) is 9.73. The molecule has 0 saturated carbocycles. The summed E-state index contributed by atoms with van der Waals surface area (Å²) in [6.07, 6.45) is 1.55. The molecule has 30 heavy (non-hydrogen) atoms. The van der Waals surface area contributed by atoms with E-state index in [4.69, 9.17) is 11.6 Å². The maximum Gasteiger partial charge on any atom is 0.243 e. The molecule has 0 aliphatic rings. The van der Waals surface area contributed by atoms with Crippen LogP contribution in [0.4, 0.5) is 10.1 Å². The number of nitrogens with one attached hydrogen (secondary N) is 1. The molecule has 7 nitrogen and oxygen atoms in total. The zero-order valence-electron chi connectivity index (χ0n) is 16.3. The lowest BCUT2D eigenvalue weighted by Gasteiger charge is -2.16. The van der Waals surface area contributed by atoms with Crippen LogP contribution in [-0.4, -0.2) is 50.8 Å². The zero-order chi connectivity index (χ0) is 21.7. The minimum Gasteiger partial charge on any atom is -0.336 e. The maximum absolute atomic E-state index is 12.9. The molecule has 0 unspecified atom stereocenters. The lowest BCUT2D eigenvalue weighted by atomic mass is 10.2. The number of rotatable bonds is 7. The molecule has 3 aromatic rings. The molecule has 0 aliphatic heterocycles.